The molecule has 0 aliphatic carbocycles. The van der Waals surface area contributed by atoms with Crippen LogP contribution in [0.15, 0.2) is 0 Å². The van der Waals surface area contributed by atoms with E-state index in [1.54, 1.807) is 6.92 Å². The first kappa shape index (κ1) is 9.59. The highest BCUT2D eigenvalue weighted by Crippen LogP contribution is 2.01. The normalized spacial score (nSPS) is 16.4. The van der Waals surface area contributed by atoms with Crippen LogP contribution in [0.2, 0.25) is 0 Å². The van der Waals surface area contributed by atoms with Gasteiger partial charge in [-0.2, -0.15) is 0 Å². The van der Waals surface area contributed by atoms with E-state index >= 15 is 0 Å². The van der Waals surface area contributed by atoms with Gasteiger partial charge in [0.05, 0.1) is 6.10 Å². The van der Waals surface area contributed by atoms with Crippen LogP contribution in [0.3, 0.4) is 0 Å². The smallest absolute Gasteiger partial charge is 0.158 e. The SMILES string of the molecule is CCC(O)C[C@H](O)C(C)=O. The number of aliphatic hydroxyl groups excluding tert-OH is 2. The summed E-state index contributed by atoms with van der Waals surface area (Å²) in [7, 11) is 0. The summed E-state index contributed by atoms with van der Waals surface area (Å²) in [6, 6.07) is 0. The third kappa shape index (κ3) is 3.58. The Kier molecular flexibility index (Phi) is 4.23. The summed E-state index contributed by atoms with van der Waals surface area (Å²) in [5, 5.41) is 17.9. The molecule has 0 aliphatic heterocycles. The van der Waals surface area contributed by atoms with Crippen LogP contribution >= 0.6 is 0 Å². The molecule has 0 aromatic heterocycles. The highest BCUT2D eigenvalue weighted by Gasteiger charge is 2.13. The topological polar surface area (TPSA) is 57.5 Å². The minimum absolute atomic E-state index is 0.159. The average molecular weight is 146 g/mol. The van der Waals surface area contributed by atoms with Crippen LogP contribution in [-0.4, -0.2) is 28.2 Å². The van der Waals surface area contributed by atoms with Gasteiger partial charge in [-0.05, 0) is 13.3 Å². The summed E-state index contributed by atoms with van der Waals surface area (Å²) in [6.45, 7) is 3.12. The fraction of sp³-hybridized carbons (Fsp3) is 0.857. The lowest BCUT2D eigenvalue weighted by Crippen LogP contribution is -2.23. The maximum absolute atomic E-state index is 10.4. The first-order chi connectivity index (χ1) is 4.57. The van der Waals surface area contributed by atoms with Crippen LogP contribution in [-0.2, 0) is 4.79 Å². The van der Waals surface area contributed by atoms with Crippen molar-refractivity contribution in [2.75, 3.05) is 0 Å². The van der Waals surface area contributed by atoms with Crippen LogP contribution < -0.4 is 0 Å². The fourth-order valence-corrected chi connectivity index (χ4v) is 0.590. The van der Waals surface area contributed by atoms with Gasteiger partial charge >= 0.3 is 0 Å². The zero-order valence-corrected chi connectivity index (χ0v) is 6.37. The van der Waals surface area contributed by atoms with Gasteiger partial charge in [0.2, 0.25) is 0 Å². The van der Waals surface area contributed by atoms with Crippen molar-refractivity contribution in [2.24, 2.45) is 0 Å². The Morgan fingerprint density at radius 3 is 2.30 bits per heavy atom. The third-order valence-corrected chi connectivity index (χ3v) is 1.44. The predicted molar refractivity (Wildman–Crippen MR) is 37.6 cm³/mol. The number of Topliss-reactive ketones (excluding diaryl/α,β-unsaturated/α-hetero) is 1. The van der Waals surface area contributed by atoms with Crippen molar-refractivity contribution in [3.05, 3.63) is 0 Å². The number of ketones is 1. The Balaban J connectivity index is 3.56. The Hall–Kier alpha value is -0.410. The van der Waals surface area contributed by atoms with Gasteiger partial charge in [-0.1, -0.05) is 6.92 Å². The maximum Gasteiger partial charge on any atom is 0.158 e. The van der Waals surface area contributed by atoms with Crippen molar-refractivity contribution >= 4 is 5.78 Å². The van der Waals surface area contributed by atoms with E-state index in [4.69, 9.17) is 10.2 Å². The second-order valence-corrected chi connectivity index (χ2v) is 2.42. The molecule has 0 bridgehead atoms. The van der Waals surface area contributed by atoms with Crippen molar-refractivity contribution in [1.29, 1.82) is 0 Å². The molecule has 3 nitrogen and oxygen atoms in total. The van der Waals surface area contributed by atoms with E-state index in [2.05, 4.69) is 0 Å². The number of carbonyl (C=O) groups is 1. The minimum Gasteiger partial charge on any atom is -0.393 e. The average Bonchev–Trinajstić information content (AvgIpc) is 1.87. The van der Waals surface area contributed by atoms with Gasteiger partial charge in [0.25, 0.3) is 0 Å². The summed E-state index contributed by atoms with van der Waals surface area (Å²) in [4.78, 5) is 10.4. The quantitative estimate of drug-likeness (QED) is 0.591. The number of rotatable bonds is 4. The predicted octanol–water partition coefficient (Wildman–Crippen LogP) is 0.0973. The van der Waals surface area contributed by atoms with Crippen LogP contribution in [0.4, 0.5) is 0 Å². The molecule has 10 heavy (non-hydrogen) atoms. The monoisotopic (exact) mass is 146 g/mol. The molecule has 0 amide bonds. The Morgan fingerprint density at radius 2 is 2.00 bits per heavy atom. The van der Waals surface area contributed by atoms with Crippen molar-refractivity contribution in [2.45, 2.75) is 38.9 Å². The molecular weight excluding hydrogens is 132 g/mol. The lowest BCUT2D eigenvalue weighted by molar-refractivity contribution is -0.126. The zero-order valence-electron chi connectivity index (χ0n) is 6.37. The van der Waals surface area contributed by atoms with Crippen LogP contribution in [0.25, 0.3) is 0 Å². The van der Waals surface area contributed by atoms with Gasteiger partial charge < -0.3 is 10.2 Å². The molecule has 1 unspecified atom stereocenters. The number of hydrogen-bond donors (Lipinski definition) is 2. The van der Waals surface area contributed by atoms with Crippen LogP contribution in [0.1, 0.15) is 26.7 Å². The summed E-state index contributed by atoms with van der Waals surface area (Å²) >= 11 is 0. The minimum atomic E-state index is -0.991. The second kappa shape index (κ2) is 4.41. The van der Waals surface area contributed by atoms with E-state index in [9.17, 15) is 4.79 Å². The lowest BCUT2D eigenvalue weighted by Gasteiger charge is -2.10. The van der Waals surface area contributed by atoms with Crippen LogP contribution in [0, 0.1) is 0 Å². The summed E-state index contributed by atoms with van der Waals surface area (Å²) in [5.41, 5.74) is 0. The van der Waals surface area contributed by atoms with Crippen molar-refractivity contribution in [3.63, 3.8) is 0 Å². The molecule has 0 aromatic rings. The molecule has 0 saturated carbocycles. The first-order valence-corrected chi connectivity index (χ1v) is 3.44. The van der Waals surface area contributed by atoms with E-state index in [-0.39, 0.29) is 12.2 Å². The molecule has 0 rings (SSSR count). The summed E-state index contributed by atoms with van der Waals surface area (Å²) < 4.78 is 0. The second-order valence-electron chi connectivity index (χ2n) is 2.42. The van der Waals surface area contributed by atoms with E-state index in [0.29, 0.717) is 6.42 Å². The molecule has 60 valence electrons. The molecule has 0 aliphatic rings. The molecule has 0 fully saturated rings. The highest BCUT2D eigenvalue weighted by atomic mass is 16.3. The van der Waals surface area contributed by atoms with E-state index in [0.717, 1.165) is 0 Å². The van der Waals surface area contributed by atoms with Crippen molar-refractivity contribution < 1.29 is 15.0 Å². The molecule has 0 heterocycles. The molecule has 0 spiro atoms. The van der Waals surface area contributed by atoms with Gasteiger partial charge in [-0.15, -0.1) is 0 Å². The third-order valence-electron chi connectivity index (χ3n) is 1.44. The van der Waals surface area contributed by atoms with Gasteiger partial charge in [-0.25, -0.2) is 0 Å². The Labute approximate surface area is 60.7 Å². The highest BCUT2D eigenvalue weighted by molar-refractivity contribution is 5.80. The van der Waals surface area contributed by atoms with E-state index in [1.165, 1.54) is 6.92 Å². The number of hydrogen-bond acceptors (Lipinski definition) is 3. The molecule has 0 aromatic carbocycles. The van der Waals surface area contributed by atoms with Crippen molar-refractivity contribution in [1.82, 2.24) is 0 Å². The molecule has 0 saturated heterocycles. The van der Waals surface area contributed by atoms with Gasteiger partial charge in [0.15, 0.2) is 5.78 Å². The fourth-order valence-electron chi connectivity index (χ4n) is 0.590. The standard InChI is InChI=1S/C7H14O3/c1-3-6(9)4-7(10)5(2)8/h6-7,9-10H,3-4H2,1-2H3/t6?,7-/m0/s1. The number of carbonyl (C=O) groups excluding carboxylic acids is 1. The largest absolute Gasteiger partial charge is 0.393 e. The summed E-state index contributed by atoms with van der Waals surface area (Å²) in [6.07, 6.45) is -0.815. The Morgan fingerprint density at radius 1 is 1.50 bits per heavy atom. The van der Waals surface area contributed by atoms with E-state index < -0.39 is 12.2 Å². The maximum atomic E-state index is 10.4. The first-order valence-electron chi connectivity index (χ1n) is 3.44. The number of aliphatic hydroxyl groups is 2. The van der Waals surface area contributed by atoms with Crippen molar-refractivity contribution in [3.8, 4) is 0 Å². The zero-order chi connectivity index (χ0) is 8.15. The molecule has 0 radical (unpaired) electrons. The van der Waals surface area contributed by atoms with Gasteiger partial charge in [-0.3, -0.25) is 4.79 Å². The lowest BCUT2D eigenvalue weighted by atomic mass is 10.1. The molecule has 2 N–H and O–H groups in total. The van der Waals surface area contributed by atoms with Crippen LogP contribution in [0.5, 0.6) is 0 Å². The van der Waals surface area contributed by atoms with Gasteiger partial charge in [0.1, 0.15) is 6.10 Å². The molecular formula is C7H14O3. The molecule has 2 atom stereocenters. The van der Waals surface area contributed by atoms with Gasteiger partial charge in [0, 0.05) is 6.42 Å². The summed E-state index contributed by atoms with van der Waals surface area (Å²) in [5.74, 6) is -0.285. The van der Waals surface area contributed by atoms with E-state index in [1.807, 2.05) is 0 Å². The Bertz CT molecular complexity index is 111. The molecule has 3 heteroatoms.